The summed E-state index contributed by atoms with van der Waals surface area (Å²) in [5.74, 6) is -0.826. The molecular formula is C14H20N2O4. The van der Waals surface area contributed by atoms with Crippen molar-refractivity contribution in [3.63, 3.8) is 0 Å². The Morgan fingerprint density at radius 3 is 2.55 bits per heavy atom. The van der Waals surface area contributed by atoms with Crippen LogP contribution in [0.3, 0.4) is 0 Å². The first-order chi connectivity index (χ1) is 9.31. The molecule has 0 radical (unpaired) electrons. The van der Waals surface area contributed by atoms with Gasteiger partial charge in [0.05, 0.1) is 12.1 Å². The van der Waals surface area contributed by atoms with Crippen LogP contribution in [0, 0.1) is 5.92 Å². The number of hydrogen-bond donors (Lipinski definition) is 3. The predicted molar refractivity (Wildman–Crippen MR) is 74.6 cm³/mol. The van der Waals surface area contributed by atoms with Gasteiger partial charge in [0, 0.05) is 13.6 Å². The Kier molecular flexibility index (Phi) is 5.37. The third-order valence-electron chi connectivity index (χ3n) is 2.65. The zero-order valence-electron chi connectivity index (χ0n) is 11.9. The molecule has 1 aromatic rings. The molecular weight excluding hydrogens is 260 g/mol. The molecule has 1 rings (SSSR count). The number of nitrogens with one attached hydrogen (secondary N) is 1. The largest absolute Gasteiger partial charge is 0.508 e. The van der Waals surface area contributed by atoms with Crippen molar-refractivity contribution in [2.45, 2.75) is 13.8 Å². The number of benzene rings is 1. The molecule has 6 nitrogen and oxygen atoms in total. The quantitative estimate of drug-likeness (QED) is 0.700. The number of phenols is 2. The number of aromatic hydroxyl groups is 2. The van der Waals surface area contributed by atoms with E-state index in [2.05, 4.69) is 5.32 Å². The van der Waals surface area contributed by atoms with E-state index in [4.69, 9.17) is 0 Å². The fourth-order valence-electron chi connectivity index (χ4n) is 1.56. The summed E-state index contributed by atoms with van der Waals surface area (Å²) in [6.07, 6.45) is 0. The molecule has 0 aliphatic heterocycles. The molecule has 0 atom stereocenters. The standard InChI is InChI=1S/C14H20N2O4/c1-9(2)7-15-13(19)8-16(3)14(20)11-6-10(17)4-5-12(11)18/h4-6,9,17-18H,7-8H2,1-3H3,(H,15,19). The summed E-state index contributed by atoms with van der Waals surface area (Å²) in [6, 6.07) is 3.68. The molecule has 3 N–H and O–H groups in total. The highest BCUT2D eigenvalue weighted by molar-refractivity contribution is 5.98. The first-order valence-electron chi connectivity index (χ1n) is 6.35. The predicted octanol–water partition coefficient (Wildman–Crippen LogP) is 0.942. The summed E-state index contributed by atoms with van der Waals surface area (Å²) in [5.41, 5.74) is -0.0378. The third kappa shape index (κ3) is 4.46. The van der Waals surface area contributed by atoms with Crippen LogP contribution >= 0.6 is 0 Å². The fraction of sp³-hybridized carbons (Fsp3) is 0.429. The van der Waals surface area contributed by atoms with E-state index in [1.54, 1.807) is 0 Å². The highest BCUT2D eigenvalue weighted by Gasteiger charge is 2.18. The molecule has 1 aromatic carbocycles. The summed E-state index contributed by atoms with van der Waals surface area (Å²) >= 11 is 0. The number of hydrogen-bond acceptors (Lipinski definition) is 4. The second kappa shape index (κ2) is 6.79. The van der Waals surface area contributed by atoms with E-state index in [1.807, 2.05) is 13.8 Å². The summed E-state index contributed by atoms with van der Waals surface area (Å²) in [7, 11) is 1.46. The molecule has 0 bridgehead atoms. The highest BCUT2D eigenvalue weighted by atomic mass is 16.3. The van der Waals surface area contributed by atoms with Gasteiger partial charge in [-0.05, 0) is 24.1 Å². The van der Waals surface area contributed by atoms with Crippen LogP contribution in [0.2, 0.25) is 0 Å². The van der Waals surface area contributed by atoms with Crippen LogP contribution < -0.4 is 5.32 Å². The van der Waals surface area contributed by atoms with Crippen molar-refractivity contribution < 1.29 is 19.8 Å². The molecule has 0 saturated carbocycles. The van der Waals surface area contributed by atoms with Gasteiger partial charge in [-0.25, -0.2) is 0 Å². The van der Waals surface area contributed by atoms with E-state index in [0.717, 1.165) is 0 Å². The molecule has 0 saturated heterocycles. The summed E-state index contributed by atoms with van der Waals surface area (Å²) in [5, 5.41) is 21.6. The summed E-state index contributed by atoms with van der Waals surface area (Å²) in [6.45, 7) is 4.37. The molecule has 0 fully saturated rings. The Balaban J connectivity index is 2.67. The topological polar surface area (TPSA) is 89.9 Å². The first-order valence-corrected chi connectivity index (χ1v) is 6.35. The van der Waals surface area contributed by atoms with Crippen molar-refractivity contribution in [2.24, 2.45) is 5.92 Å². The molecule has 110 valence electrons. The van der Waals surface area contributed by atoms with Gasteiger partial charge in [-0.3, -0.25) is 9.59 Å². The van der Waals surface area contributed by atoms with Crippen molar-refractivity contribution in [2.75, 3.05) is 20.1 Å². The third-order valence-corrected chi connectivity index (χ3v) is 2.65. The molecule has 6 heteroatoms. The number of amides is 2. The normalized spacial score (nSPS) is 10.4. The minimum absolute atomic E-state index is 0.0378. The van der Waals surface area contributed by atoms with Crippen LogP contribution in [0.4, 0.5) is 0 Å². The van der Waals surface area contributed by atoms with Crippen LogP contribution in [-0.2, 0) is 4.79 Å². The molecule has 0 aliphatic carbocycles. The zero-order valence-corrected chi connectivity index (χ0v) is 11.9. The van der Waals surface area contributed by atoms with Gasteiger partial charge in [-0.2, -0.15) is 0 Å². The Morgan fingerprint density at radius 1 is 1.30 bits per heavy atom. The van der Waals surface area contributed by atoms with Gasteiger partial charge in [0.1, 0.15) is 11.5 Å². The second-order valence-electron chi connectivity index (χ2n) is 5.06. The molecule has 20 heavy (non-hydrogen) atoms. The second-order valence-corrected chi connectivity index (χ2v) is 5.06. The lowest BCUT2D eigenvalue weighted by atomic mass is 10.1. The summed E-state index contributed by atoms with van der Waals surface area (Å²) < 4.78 is 0. The van der Waals surface area contributed by atoms with Gasteiger partial charge < -0.3 is 20.4 Å². The van der Waals surface area contributed by atoms with E-state index >= 15 is 0 Å². The molecule has 0 heterocycles. The van der Waals surface area contributed by atoms with Crippen molar-refractivity contribution in [3.05, 3.63) is 23.8 Å². The number of likely N-dealkylation sites (N-methyl/N-ethyl adjacent to an activating group) is 1. The molecule has 0 aromatic heterocycles. The molecule has 0 unspecified atom stereocenters. The van der Waals surface area contributed by atoms with Gasteiger partial charge in [-0.1, -0.05) is 13.8 Å². The van der Waals surface area contributed by atoms with E-state index in [-0.39, 0.29) is 29.5 Å². The van der Waals surface area contributed by atoms with Crippen LogP contribution in [0.25, 0.3) is 0 Å². The maximum Gasteiger partial charge on any atom is 0.257 e. The SMILES string of the molecule is CC(C)CNC(=O)CN(C)C(=O)c1cc(O)ccc1O. The Hall–Kier alpha value is -2.24. The highest BCUT2D eigenvalue weighted by Crippen LogP contribution is 2.23. The number of carbonyl (C=O) groups excluding carboxylic acids is 2. The smallest absolute Gasteiger partial charge is 0.257 e. The zero-order chi connectivity index (χ0) is 15.3. The average Bonchev–Trinajstić information content (AvgIpc) is 2.38. The van der Waals surface area contributed by atoms with E-state index in [0.29, 0.717) is 12.5 Å². The monoisotopic (exact) mass is 280 g/mol. The Labute approximate surface area is 118 Å². The van der Waals surface area contributed by atoms with Gasteiger partial charge in [0.2, 0.25) is 5.91 Å². The van der Waals surface area contributed by atoms with Crippen LogP contribution in [0.5, 0.6) is 11.5 Å². The molecule has 0 spiro atoms. The van der Waals surface area contributed by atoms with E-state index < -0.39 is 5.91 Å². The van der Waals surface area contributed by atoms with Crippen molar-refractivity contribution in [1.82, 2.24) is 10.2 Å². The van der Waals surface area contributed by atoms with Crippen LogP contribution in [0.15, 0.2) is 18.2 Å². The Bertz CT molecular complexity index is 500. The number of nitrogens with zero attached hydrogens (tertiary/aromatic N) is 1. The van der Waals surface area contributed by atoms with E-state index in [1.165, 1.54) is 30.1 Å². The number of phenolic OH excluding ortho intramolecular Hbond substituents is 2. The lowest BCUT2D eigenvalue weighted by Gasteiger charge is -2.18. The van der Waals surface area contributed by atoms with Crippen molar-refractivity contribution in [3.8, 4) is 11.5 Å². The lowest BCUT2D eigenvalue weighted by molar-refractivity contribution is -0.121. The maximum atomic E-state index is 12.1. The van der Waals surface area contributed by atoms with Gasteiger partial charge >= 0.3 is 0 Å². The van der Waals surface area contributed by atoms with Crippen LogP contribution in [0.1, 0.15) is 24.2 Å². The molecule has 0 aliphatic rings. The van der Waals surface area contributed by atoms with Crippen LogP contribution in [-0.4, -0.2) is 47.1 Å². The summed E-state index contributed by atoms with van der Waals surface area (Å²) in [4.78, 5) is 24.9. The van der Waals surface area contributed by atoms with E-state index in [9.17, 15) is 19.8 Å². The lowest BCUT2D eigenvalue weighted by Crippen LogP contribution is -2.39. The van der Waals surface area contributed by atoms with Gasteiger partial charge in [0.15, 0.2) is 0 Å². The fourth-order valence-corrected chi connectivity index (χ4v) is 1.56. The first kappa shape index (κ1) is 15.8. The van der Waals surface area contributed by atoms with Gasteiger partial charge in [0.25, 0.3) is 5.91 Å². The number of carbonyl (C=O) groups is 2. The minimum atomic E-state index is -0.530. The molecule has 2 amide bonds. The van der Waals surface area contributed by atoms with Gasteiger partial charge in [-0.15, -0.1) is 0 Å². The number of rotatable bonds is 5. The van der Waals surface area contributed by atoms with Crippen molar-refractivity contribution in [1.29, 1.82) is 0 Å². The Morgan fingerprint density at radius 2 is 1.95 bits per heavy atom. The average molecular weight is 280 g/mol. The van der Waals surface area contributed by atoms with Crippen molar-refractivity contribution >= 4 is 11.8 Å². The minimum Gasteiger partial charge on any atom is -0.508 e. The maximum absolute atomic E-state index is 12.1.